The van der Waals surface area contributed by atoms with Crippen LogP contribution in [0.5, 0.6) is 5.75 Å². The van der Waals surface area contributed by atoms with Crippen LogP contribution in [-0.2, 0) is 12.7 Å². The molecular formula is C13H18F3NO. The molecule has 18 heavy (non-hydrogen) atoms. The molecule has 0 saturated heterocycles. The maximum Gasteiger partial charge on any atom is 0.419 e. The van der Waals surface area contributed by atoms with E-state index in [1.807, 2.05) is 6.92 Å². The van der Waals surface area contributed by atoms with Crippen molar-refractivity contribution in [3.63, 3.8) is 0 Å². The molecule has 0 fully saturated rings. The highest BCUT2D eigenvalue weighted by molar-refractivity contribution is 5.39. The van der Waals surface area contributed by atoms with Crippen molar-refractivity contribution in [1.82, 2.24) is 5.32 Å². The molecule has 0 amide bonds. The van der Waals surface area contributed by atoms with Gasteiger partial charge in [0, 0.05) is 6.54 Å². The summed E-state index contributed by atoms with van der Waals surface area (Å²) in [5, 5.41) is 2.83. The fourth-order valence-corrected chi connectivity index (χ4v) is 1.52. The summed E-state index contributed by atoms with van der Waals surface area (Å²) < 4.78 is 44.1. The third-order valence-electron chi connectivity index (χ3n) is 2.63. The van der Waals surface area contributed by atoms with Crippen molar-refractivity contribution in [1.29, 1.82) is 0 Å². The van der Waals surface area contributed by atoms with Crippen molar-refractivity contribution in [3.8, 4) is 5.75 Å². The summed E-state index contributed by atoms with van der Waals surface area (Å²) in [5.41, 5.74) is -0.128. The molecule has 1 rings (SSSR count). The second-order valence-electron chi connectivity index (χ2n) is 4.20. The van der Waals surface area contributed by atoms with Crippen LogP contribution in [0.15, 0.2) is 18.2 Å². The lowest BCUT2D eigenvalue weighted by Crippen LogP contribution is -2.16. The lowest BCUT2D eigenvalue weighted by atomic mass is 10.1. The zero-order valence-electron chi connectivity index (χ0n) is 10.8. The third kappa shape index (κ3) is 3.91. The number of hydrogen-bond acceptors (Lipinski definition) is 2. The molecule has 0 radical (unpaired) electrons. The van der Waals surface area contributed by atoms with E-state index in [1.54, 1.807) is 20.0 Å². The van der Waals surface area contributed by atoms with Gasteiger partial charge >= 0.3 is 6.18 Å². The minimum absolute atomic E-state index is 0.100. The van der Waals surface area contributed by atoms with E-state index in [1.165, 1.54) is 6.07 Å². The molecule has 0 spiro atoms. The van der Waals surface area contributed by atoms with Crippen molar-refractivity contribution in [3.05, 3.63) is 29.3 Å². The molecule has 0 aliphatic rings. The molecule has 1 aromatic carbocycles. The lowest BCUT2D eigenvalue weighted by Gasteiger charge is -2.18. The molecule has 5 heteroatoms. The molecule has 102 valence electrons. The highest BCUT2D eigenvalue weighted by Crippen LogP contribution is 2.37. The second kappa shape index (κ2) is 6.09. The number of nitrogens with one attached hydrogen (secondary N) is 1. The number of rotatable bonds is 5. The van der Waals surface area contributed by atoms with Crippen molar-refractivity contribution < 1.29 is 17.9 Å². The summed E-state index contributed by atoms with van der Waals surface area (Å²) in [6.45, 7) is 4.02. The van der Waals surface area contributed by atoms with Gasteiger partial charge in [-0.3, -0.25) is 0 Å². The Balaban J connectivity index is 3.09. The van der Waals surface area contributed by atoms with E-state index >= 15 is 0 Å². The maximum absolute atomic E-state index is 12.9. The molecule has 0 aromatic heterocycles. The summed E-state index contributed by atoms with van der Waals surface area (Å²) in [7, 11) is 1.69. The Labute approximate surface area is 105 Å². The van der Waals surface area contributed by atoms with Gasteiger partial charge in [0.15, 0.2) is 0 Å². The average molecular weight is 261 g/mol. The van der Waals surface area contributed by atoms with Gasteiger partial charge in [0.1, 0.15) is 5.75 Å². The minimum Gasteiger partial charge on any atom is -0.490 e. The maximum atomic E-state index is 12.9. The number of alkyl halides is 3. The van der Waals surface area contributed by atoms with E-state index in [4.69, 9.17) is 4.74 Å². The molecule has 2 nitrogen and oxygen atoms in total. The molecule has 1 unspecified atom stereocenters. The van der Waals surface area contributed by atoms with Gasteiger partial charge in [-0.15, -0.1) is 0 Å². The van der Waals surface area contributed by atoms with Gasteiger partial charge in [0.2, 0.25) is 0 Å². The first-order valence-corrected chi connectivity index (χ1v) is 5.89. The molecule has 1 N–H and O–H groups in total. The summed E-state index contributed by atoms with van der Waals surface area (Å²) in [6.07, 6.45) is -3.97. The second-order valence-corrected chi connectivity index (χ2v) is 4.20. The van der Waals surface area contributed by atoms with E-state index < -0.39 is 11.7 Å². The fourth-order valence-electron chi connectivity index (χ4n) is 1.52. The summed E-state index contributed by atoms with van der Waals surface area (Å²) >= 11 is 0. The van der Waals surface area contributed by atoms with Crippen LogP contribution >= 0.6 is 0 Å². The van der Waals surface area contributed by atoms with Crippen molar-refractivity contribution in [2.45, 2.75) is 39.1 Å². The number of benzene rings is 1. The first kappa shape index (κ1) is 14.8. The average Bonchev–Trinajstić information content (AvgIpc) is 2.30. The Bertz CT molecular complexity index is 390. The van der Waals surface area contributed by atoms with Crippen LogP contribution in [0.2, 0.25) is 0 Å². The van der Waals surface area contributed by atoms with Crippen LogP contribution in [0.4, 0.5) is 13.2 Å². The van der Waals surface area contributed by atoms with Crippen LogP contribution in [0.1, 0.15) is 31.4 Å². The standard InChI is InChI=1S/C13H18F3NO/c1-4-9(2)18-12-6-5-10(8-17-3)7-11(12)13(14,15)16/h5-7,9,17H,4,8H2,1-3H3. The van der Waals surface area contributed by atoms with Gasteiger partial charge in [0.05, 0.1) is 11.7 Å². The largest absolute Gasteiger partial charge is 0.490 e. The Kier molecular flexibility index (Phi) is 5.02. The van der Waals surface area contributed by atoms with Crippen molar-refractivity contribution >= 4 is 0 Å². The topological polar surface area (TPSA) is 21.3 Å². The summed E-state index contributed by atoms with van der Waals surface area (Å²) in [5.74, 6) is -0.100. The Morgan fingerprint density at radius 1 is 1.33 bits per heavy atom. The molecule has 0 aliphatic carbocycles. The molecule has 1 aromatic rings. The van der Waals surface area contributed by atoms with E-state index in [0.29, 0.717) is 18.5 Å². The molecule has 0 heterocycles. The van der Waals surface area contributed by atoms with Gasteiger partial charge in [-0.1, -0.05) is 13.0 Å². The minimum atomic E-state index is -4.40. The monoisotopic (exact) mass is 261 g/mol. The molecule has 1 atom stereocenters. The zero-order chi connectivity index (χ0) is 13.8. The smallest absolute Gasteiger partial charge is 0.419 e. The van der Waals surface area contributed by atoms with Gasteiger partial charge in [-0.25, -0.2) is 0 Å². The number of ether oxygens (including phenoxy) is 1. The molecule has 0 saturated carbocycles. The summed E-state index contributed by atoms with van der Waals surface area (Å²) in [6, 6.07) is 4.17. The van der Waals surface area contributed by atoms with Gasteiger partial charge in [-0.05, 0) is 38.1 Å². The van der Waals surface area contributed by atoms with E-state index in [0.717, 1.165) is 6.07 Å². The highest BCUT2D eigenvalue weighted by Gasteiger charge is 2.34. The first-order valence-electron chi connectivity index (χ1n) is 5.89. The molecule has 0 bridgehead atoms. The van der Waals surface area contributed by atoms with E-state index in [9.17, 15) is 13.2 Å². The highest BCUT2D eigenvalue weighted by atomic mass is 19.4. The van der Waals surface area contributed by atoms with Crippen LogP contribution in [0.3, 0.4) is 0 Å². The fraction of sp³-hybridized carbons (Fsp3) is 0.538. The van der Waals surface area contributed by atoms with E-state index in [2.05, 4.69) is 5.32 Å². The lowest BCUT2D eigenvalue weighted by molar-refractivity contribution is -0.139. The van der Waals surface area contributed by atoms with Crippen LogP contribution in [-0.4, -0.2) is 13.2 Å². The summed E-state index contributed by atoms with van der Waals surface area (Å²) in [4.78, 5) is 0. The molecule has 0 aliphatic heterocycles. The van der Waals surface area contributed by atoms with Gasteiger partial charge in [0.25, 0.3) is 0 Å². The Morgan fingerprint density at radius 2 is 2.00 bits per heavy atom. The predicted molar refractivity (Wildman–Crippen MR) is 64.6 cm³/mol. The van der Waals surface area contributed by atoms with Crippen LogP contribution in [0.25, 0.3) is 0 Å². The SMILES string of the molecule is CCC(C)Oc1ccc(CNC)cc1C(F)(F)F. The van der Waals surface area contributed by atoms with Crippen molar-refractivity contribution in [2.75, 3.05) is 7.05 Å². The van der Waals surface area contributed by atoms with Gasteiger partial charge < -0.3 is 10.1 Å². The normalized spacial score (nSPS) is 13.4. The molecular weight excluding hydrogens is 243 g/mol. The van der Waals surface area contributed by atoms with Crippen molar-refractivity contribution in [2.24, 2.45) is 0 Å². The number of halogens is 3. The zero-order valence-corrected chi connectivity index (χ0v) is 10.8. The number of hydrogen-bond donors (Lipinski definition) is 1. The third-order valence-corrected chi connectivity index (χ3v) is 2.63. The first-order chi connectivity index (χ1) is 8.38. The van der Waals surface area contributed by atoms with E-state index in [-0.39, 0.29) is 11.9 Å². The Morgan fingerprint density at radius 3 is 2.50 bits per heavy atom. The van der Waals surface area contributed by atoms with Gasteiger partial charge in [-0.2, -0.15) is 13.2 Å². The quantitative estimate of drug-likeness (QED) is 0.874. The van der Waals surface area contributed by atoms with Crippen LogP contribution < -0.4 is 10.1 Å². The van der Waals surface area contributed by atoms with Crippen LogP contribution in [0, 0.1) is 0 Å². The Hall–Kier alpha value is -1.23. The predicted octanol–water partition coefficient (Wildman–Crippen LogP) is 3.60.